The third-order valence-corrected chi connectivity index (χ3v) is 5.17. The van der Waals surface area contributed by atoms with Crippen molar-refractivity contribution in [3.05, 3.63) is 53.6 Å². The van der Waals surface area contributed by atoms with Gasteiger partial charge in [-0.2, -0.15) is 9.78 Å². The summed E-state index contributed by atoms with van der Waals surface area (Å²) < 4.78 is 6.88. The van der Waals surface area contributed by atoms with Gasteiger partial charge >= 0.3 is 0 Å². The summed E-state index contributed by atoms with van der Waals surface area (Å²) in [7, 11) is 0. The van der Waals surface area contributed by atoms with E-state index in [1.54, 1.807) is 18.5 Å². The third-order valence-electron chi connectivity index (χ3n) is 4.28. The predicted octanol–water partition coefficient (Wildman–Crippen LogP) is 2.36. The zero-order valence-corrected chi connectivity index (χ0v) is 16.0. The summed E-state index contributed by atoms with van der Waals surface area (Å²) in [6.45, 7) is 3.79. The number of hydrogen-bond donors (Lipinski definition) is 1. The Balaban J connectivity index is 1.79. The fourth-order valence-corrected chi connectivity index (χ4v) is 3.55. The van der Waals surface area contributed by atoms with E-state index in [9.17, 15) is 9.90 Å². The largest absolute Gasteiger partial charge is 0.549 e. The molecule has 0 aliphatic carbocycles. The number of nitrogens with one attached hydrogen (secondary N) is 1. The van der Waals surface area contributed by atoms with Gasteiger partial charge in [0.1, 0.15) is 5.76 Å². The minimum absolute atomic E-state index is 0.246. The molecule has 0 unspecified atom stereocenters. The van der Waals surface area contributed by atoms with Gasteiger partial charge in [0, 0.05) is 27.9 Å². The molecule has 1 N–H and O–H groups in total. The first-order chi connectivity index (χ1) is 13.5. The number of fused-ring (bicyclic) bond motifs is 1. The van der Waals surface area contributed by atoms with Crippen molar-refractivity contribution in [2.24, 2.45) is 5.10 Å². The predicted molar refractivity (Wildman–Crippen MR) is 104 cm³/mol. The Hall–Kier alpha value is -3.33. The molecule has 8 nitrogen and oxygen atoms in total. The molecule has 0 atom stereocenters. The molecule has 28 heavy (non-hydrogen) atoms. The second-order valence-electron chi connectivity index (χ2n) is 6.12. The molecule has 0 amide bonds. The minimum atomic E-state index is -1.18. The maximum absolute atomic E-state index is 10.9. The number of H-pyrrole nitrogens is 1. The highest BCUT2D eigenvalue weighted by Crippen LogP contribution is 2.27. The van der Waals surface area contributed by atoms with Crippen molar-refractivity contribution in [2.45, 2.75) is 19.0 Å². The van der Waals surface area contributed by atoms with Crippen molar-refractivity contribution in [1.82, 2.24) is 19.9 Å². The quantitative estimate of drug-likeness (QED) is 0.397. The van der Waals surface area contributed by atoms with E-state index in [1.807, 2.05) is 38.1 Å². The molecule has 0 saturated heterocycles. The SMILES string of the molecule is Cc1[nH]c2ccccc2c1/C=N/n1c(SCC(=O)[O-])nnc1-c1ccoc1C. The van der Waals surface area contributed by atoms with Crippen LogP contribution in [0.2, 0.25) is 0 Å². The fourth-order valence-electron chi connectivity index (χ4n) is 2.95. The molecule has 0 saturated carbocycles. The highest BCUT2D eigenvalue weighted by Gasteiger charge is 2.17. The molecule has 3 aromatic heterocycles. The average Bonchev–Trinajstić information content (AvgIpc) is 3.34. The van der Waals surface area contributed by atoms with Crippen LogP contribution in [0, 0.1) is 13.8 Å². The molecule has 9 heteroatoms. The summed E-state index contributed by atoms with van der Waals surface area (Å²) >= 11 is 0.999. The van der Waals surface area contributed by atoms with Gasteiger partial charge in [0.05, 0.1) is 24.0 Å². The molecule has 142 valence electrons. The van der Waals surface area contributed by atoms with Gasteiger partial charge in [-0.25, -0.2) is 0 Å². The summed E-state index contributed by atoms with van der Waals surface area (Å²) in [6, 6.07) is 9.72. The number of carboxylic acid groups (broad SMARTS) is 1. The first-order valence-corrected chi connectivity index (χ1v) is 9.47. The van der Waals surface area contributed by atoms with E-state index in [2.05, 4.69) is 20.3 Å². The van der Waals surface area contributed by atoms with E-state index < -0.39 is 5.97 Å². The summed E-state index contributed by atoms with van der Waals surface area (Å²) in [5.74, 6) is -0.286. The number of carbonyl (C=O) groups excluding carboxylic acids is 1. The van der Waals surface area contributed by atoms with Crippen LogP contribution in [0.5, 0.6) is 0 Å². The molecule has 0 bridgehead atoms. The zero-order valence-electron chi connectivity index (χ0n) is 15.2. The number of furan rings is 1. The lowest BCUT2D eigenvalue weighted by atomic mass is 10.1. The zero-order chi connectivity index (χ0) is 19.7. The van der Waals surface area contributed by atoms with E-state index in [4.69, 9.17) is 4.42 Å². The number of aryl methyl sites for hydroxylation is 2. The van der Waals surface area contributed by atoms with E-state index in [-0.39, 0.29) is 5.75 Å². The molecule has 0 aliphatic rings. The number of aliphatic carboxylic acids is 1. The molecule has 0 aliphatic heterocycles. The van der Waals surface area contributed by atoms with Crippen LogP contribution in [0.1, 0.15) is 17.0 Å². The number of rotatable bonds is 6. The van der Waals surface area contributed by atoms with Crippen molar-refractivity contribution in [3.63, 3.8) is 0 Å². The van der Waals surface area contributed by atoms with Crippen LogP contribution in [0.3, 0.4) is 0 Å². The molecule has 4 aromatic rings. The second-order valence-corrected chi connectivity index (χ2v) is 7.07. The Morgan fingerprint density at radius 3 is 2.89 bits per heavy atom. The summed E-state index contributed by atoms with van der Waals surface area (Å²) in [5.41, 5.74) is 3.67. The smallest absolute Gasteiger partial charge is 0.212 e. The Morgan fingerprint density at radius 2 is 2.14 bits per heavy atom. The van der Waals surface area contributed by atoms with E-state index in [0.717, 1.165) is 39.5 Å². The van der Waals surface area contributed by atoms with Gasteiger partial charge in [0.15, 0.2) is 5.82 Å². The fraction of sp³-hybridized carbons (Fsp3) is 0.158. The molecule has 0 radical (unpaired) electrons. The van der Waals surface area contributed by atoms with Gasteiger partial charge in [-0.1, -0.05) is 30.0 Å². The lowest BCUT2D eigenvalue weighted by Gasteiger charge is -2.04. The lowest BCUT2D eigenvalue weighted by molar-refractivity contribution is -0.301. The van der Waals surface area contributed by atoms with Crippen molar-refractivity contribution in [2.75, 3.05) is 5.75 Å². The Labute approximate surface area is 164 Å². The maximum Gasteiger partial charge on any atom is 0.212 e. The lowest BCUT2D eigenvalue weighted by Crippen LogP contribution is -2.24. The van der Waals surface area contributed by atoms with E-state index >= 15 is 0 Å². The third kappa shape index (κ3) is 3.31. The normalized spacial score (nSPS) is 11.6. The number of carboxylic acids is 1. The summed E-state index contributed by atoms with van der Waals surface area (Å²) in [5, 5.41) is 25.1. The first kappa shape index (κ1) is 18.1. The number of para-hydroxylation sites is 1. The second kappa shape index (κ2) is 7.35. The van der Waals surface area contributed by atoms with Crippen LogP contribution in [-0.4, -0.2) is 37.8 Å². The van der Waals surface area contributed by atoms with Gasteiger partial charge in [-0.05, 0) is 26.0 Å². The van der Waals surface area contributed by atoms with Crippen molar-refractivity contribution >= 4 is 34.8 Å². The van der Waals surface area contributed by atoms with Gasteiger partial charge in [0.25, 0.3) is 0 Å². The van der Waals surface area contributed by atoms with Gasteiger partial charge in [-0.15, -0.1) is 10.2 Å². The average molecular weight is 394 g/mol. The topological polar surface area (TPSA) is 112 Å². The van der Waals surface area contributed by atoms with Crippen molar-refractivity contribution in [1.29, 1.82) is 0 Å². The minimum Gasteiger partial charge on any atom is -0.549 e. The molecule has 0 fully saturated rings. The number of aromatic nitrogens is 4. The molecule has 1 aromatic carbocycles. The van der Waals surface area contributed by atoms with Gasteiger partial charge in [-0.3, -0.25) is 0 Å². The van der Waals surface area contributed by atoms with Gasteiger partial charge < -0.3 is 19.3 Å². The van der Waals surface area contributed by atoms with E-state index in [0.29, 0.717) is 16.7 Å². The van der Waals surface area contributed by atoms with Crippen LogP contribution in [0.4, 0.5) is 0 Å². The first-order valence-electron chi connectivity index (χ1n) is 8.49. The summed E-state index contributed by atoms with van der Waals surface area (Å²) in [6.07, 6.45) is 3.28. The number of aromatic amines is 1. The molecular weight excluding hydrogens is 378 g/mol. The number of hydrogen-bond acceptors (Lipinski definition) is 7. The Morgan fingerprint density at radius 1 is 1.32 bits per heavy atom. The van der Waals surface area contributed by atoms with Crippen LogP contribution in [-0.2, 0) is 4.79 Å². The van der Waals surface area contributed by atoms with Crippen molar-refractivity contribution in [3.8, 4) is 11.4 Å². The Bertz CT molecular complexity index is 1190. The highest BCUT2D eigenvalue weighted by atomic mass is 32.2. The van der Waals surface area contributed by atoms with Crippen LogP contribution >= 0.6 is 11.8 Å². The number of nitrogens with zero attached hydrogens (tertiary/aromatic N) is 4. The maximum atomic E-state index is 10.9. The summed E-state index contributed by atoms with van der Waals surface area (Å²) in [4.78, 5) is 14.2. The van der Waals surface area contributed by atoms with Gasteiger partial charge in [0.2, 0.25) is 5.16 Å². The molecule has 3 heterocycles. The number of benzene rings is 1. The van der Waals surface area contributed by atoms with Crippen LogP contribution in [0.25, 0.3) is 22.3 Å². The highest BCUT2D eigenvalue weighted by molar-refractivity contribution is 7.99. The van der Waals surface area contributed by atoms with E-state index in [1.165, 1.54) is 4.68 Å². The number of thioether (sulfide) groups is 1. The monoisotopic (exact) mass is 394 g/mol. The van der Waals surface area contributed by atoms with Crippen molar-refractivity contribution < 1.29 is 14.3 Å². The molecule has 0 spiro atoms. The molecule has 4 rings (SSSR count). The molecular formula is C19H16N5O3S-. The standard InChI is InChI=1S/C19H17N5O3S/c1-11-15(14-5-3-4-6-16(14)21-11)9-20-24-18(13-7-8-27-12(13)2)22-23-19(24)28-10-17(25)26/h3-9,21H,10H2,1-2H3,(H,25,26)/p-1/b20-9+. The van der Waals surface area contributed by atoms with Crippen LogP contribution in [0.15, 0.2) is 51.3 Å². The van der Waals surface area contributed by atoms with Crippen LogP contribution < -0.4 is 5.11 Å². The Kier molecular flexibility index (Phi) is 4.74. The number of carbonyl (C=O) groups is 1.